The van der Waals surface area contributed by atoms with Gasteiger partial charge in [0.1, 0.15) is 5.75 Å². The van der Waals surface area contributed by atoms with Crippen molar-refractivity contribution in [3.05, 3.63) is 71.3 Å². The number of carbonyl (C=O) groups is 1. The minimum atomic E-state index is -4.43. The summed E-state index contributed by atoms with van der Waals surface area (Å²) in [6.07, 6.45) is -2.01. The molecule has 0 atom stereocenters. The lowest BCUT2D eigenvalue weighted by atomic mass is 10.1. The van der Waals surface area contributed by atoms with Crippen LogP contribution in [0.5, 0.6) is 5.75 Å². The molecule has 5 heteroatoms. The maximum Gasteiger partial charge on any atom is 0.416 e. The van der Waals surface area contributed by atoms with Gasteiger partial charge in [0.2, 0.25) is 0 Å². The topological polar surface area (TPSA) is 37.3 Å². The van der Waals surface area contributed by atoms with Gasteiger partial charge in [-0.1, -0.05) is 30.3 Å². The summed E-state index contributed by atoms with van der Waals surface area (Å²) < 4.78 is 37.7. The van der Waals surface area contributed by atoms with Crippen LogP contribution in [0, 0.1) is 0 Å². The third-order valence-electron chi connectivity index (χ3n) is 2.81. The van der Waals surface area contributed by atoms with E-state index in [9.17, 15) is 23.1 Å². The molecule has 2 nitrogen and oxygen atoms in total. The molecule has 0 saturated carbocycles. The van der Waals surface area contributed by atoms with E-state index in [0.29, 0.717) is 0 Å². The number of rotatable bonds is 3. The van der Waals surface area contributed by atoms with Gasteiger partial charge < -0.3 is 5.11 Å². The van der Waals surface area contributed by atoms with Crippen molar-refractivity contribution in [2.75, 3.05) is 0 Å². The van der Waals surface area contributed by atoms with Crippen LogP contribution in [0.3, 0.4) is 0 Å². The predicted octanol–water partition coefficient (Wildman–Crippen LogP) is 4.31. The molecule has 1 N–H and O–H groups in total. The van der Waals surface area contributed by atoms with Gasteiger partial charge in [0, 0.05) is 0 Å². The largest absolute Gasteiger partial charge is 0.507 e. The molecule has 0 saturated heterocycles. The number of hydrogen-bond donors (Lipinski definition) is 1. The first kappa shape index (κ1) is 14.8. The van der Waals surface area contributed by atoms with E-state index in [1.54, 1.807) is 12.1 Å². The maximum atomic E-state index is 12.6. The van der Waals surface area contributed by atoms with E-state index in [1.807, 2.05) is 0 Å². The number of halogens is 3. The van der Waals surface area contributed by atoms with Crippen LogP contribution in [-0.2, 0) is 6.18 Å². The summed E-state index contributed by atoms with van der Waals surface area (Å²) in [7, 11) is 0. The molecule has 2 aromatic rings. The molecule has 0 fully saturated rings. The quantitative estimate of drug-likeness (QED) is 0.676. The molecule has 0 aromatic heterocycles. The number of phenols is 1. The van der Waals surface area contributed by atoms with Crippen molar-refractivity contribution in [3.8, 4) is 5.75 Å². The first-order chi connectivity index (χ1) is 9.88. The summed E-state index contributed by atoms with van der Waals surface area (Å²) in [5, 5.41) is 9.53. The van der Waals surface area contributed by atoms with Crippen molar-refractivity contribution >= 4 is 11.9 Å². The van der Waals surface area contributed by atoms with Crippen LogP contribution in [0.25, 0.3) is 6.08 Å². The van der Waals surface area contributed by atoms with Crippen LogP contribution in [0.15, 0.2) is 54.6 Å². The fraction of sp³-hybridized carbons (Fsp3) is 0.0625. The number of hydrogen-bond acceptors (Lipinski definition) is 2. The molecule has 0 amide bonds. The Morgan fingerprint density at radius 1 is 1.05 bits per heavy atom. The fourth-order valence-corrected chi connectivity index (χ4v) is 1.76. The van der Waals surface area contributed by atoms with Crippen LogP contribution in [0.4, 0.5) is 13.2 Å². The Balaban J connectivity index is 2.22. The lowest BCUT2D eigenvalue weighted by Gasteiger charge is -2.06. The lowest BCUT2D eigenvalue weighted by Crippen LogP contribution is -2.04. The second-order valence-electron chi connectivity index (χ2n) is 4.34. The van der Waals surface area contributed by atoms with Crippen molar-refractivity contribution in [3.63, 3.8) is 0 Å². The molecular formula is C16H11F3O2. The van der Waals surface area contributed by atoms with E-state index >= 15 is 0 Å². The highest BCUT2D eigenvalue weighted by Gasteiger charge is 2.30. The van der Waals surface area contributed by atoms with Crippen LogP contribution in [0.2, 0.25) is 0 Å². The van der Waals surface area contributed by atoms with Crippen LogP contribution in [0.1, 0.15) is 21.5 Å². The molecule has 0 aliphatic heterocycles. The van der Waals surface area contributed by atoms with Crippen LogP contribution in [-0.4, -0.2) is 10.9 Å². The second kappa shape index (κ2) is 5.83. The third-order valence-corrected chi connectivity index (χ3v) is 2.81. The Kier molecular flexibility index (Phi) is 4.12. The maximum absolute atomic E-state index is 12.6. The van der Waals surface area contributed by atoms with Gasteiger partial charge in [-0.25, -0.2) is 0 Å². The van der Waals surface area contributed by atoms with E-state index in [-0.39, 0.29) is 16.9 Å². The highest BCUT2D eigenvalue weighted by Crippen LogP contribution is 2.29. The normalized spacial score (nSPS) is 11.8. The average molecular weight is 292 g/mol. The molecule has 2 aromatic carbocycles. The monoisotopic (exact) mass is 292 g/mol. The first-order valence-corrected chi connectivity index (χ1v) is 6.05. The predicted molar refractivity (Wildman–Crippen MR) is 72.9 cm³/mol. The molecule has 108 valence electrons. The molecule has 0 spiro atoms. The van der Waals surface area contributed by atoms with E-state index in [4.69, 9.17) is 0 Å². The molecule has 21 heavy (non-hydrogen) atoms. The number of para-hydroxylation sites is 1. The minimum Gasteiger partial charge on any atom is -0.507 e. The second-order valence-corrected chi connectivity index (χ2v) is 4.34. The molecular weight excluding hydrogens is 281 g/mol. The summed E-state index contributed by atoms with van der Waals surface area (Å²) >= 11 is 0. The van der Waals surface area contributed by atoms with E-state index < -0.39 is 17.5 Å². The Bertz CT molecular complexity index is 688. The number of benzene rings is 2. The number of carbonyl (C=O) groups excluding carboxylic acids is 1. The van der Waals surface area contributed by atoms with Crippen LogP contribution >= 0.6 is 0 Å². The minimum absolute atomic E-state index is 0.0979. The third kappa shape index (κ3) is 3.72. The number of alkyl halides is 3. The van der Waals surface area contributed by atoms with E-state index in [2.05, 4.69) is 0 Å². The van der Waals surface area contributed by atoms with E-state index in [1.165, 1.54) is 30.3 Å². The van der Waals surface area contributed by atoms with Gasteiger partial charge in [-0.05, 0) is 35.9 Å². The summed E-state index contributed by atoms with van der Waals surface area (Å²) in [6, 6.07) is 10.6. The zero-order chi connectivity index (χ0) is 15.5. The SMILES string of the molecule is O=C(/C=C/c1cccc(C(F)(F)F)c1)c1ccccc1O. The van der Waals surface area contributed by atoms with Crippen molar-refractivity contribution in [2.45, 2.75) is 6.18 Å². The van der Waals surface area contributed by atoms with Crippen molar-refractivity contribution in [1.82, 2.24) is 0 Å². The van der Waals surface area contributed by atoms with Gasteiger partial charge in [0.25, 0.3) is 0 Å². The zero-order valence-corrected chi connectivity index (χ0v) is 10.8. The molecule has 2 rings (SSSR count). The van der Waals surface area contributed by atoms with Crippen molar-refractivity contribution in [2.24, 2.45) is 0 Å². The Morgan fingerprint density at radius 2 is 1.76 bits per heavy atom. The van der Waals surface area contributed by atoms with Gasteiger partial charge in [-0.2, -0.15) is 13.2 Å². The molecule has 0 bridgehead atoms. The van der Waals surface area contributed by atoms with Crippen molar-refractivity contribution in [1.29, 1.82) is 0 Å². The number of phenolic OH excluding ortho intramolecular Hbond substituents is 1. The Labute approximate surface area is 119 Å². The highest BCUT2D eigenvalue weighted by atomic mass is 19.4. The van der Waals surface area contributed by atoms with Crippen LogP contribution < -0.4 is 0 Å². The molecule has 0 aliphatic carbocycles. The van der Waals surface area contributed by atoms with Crippen molar-refractivity contribution < 1.29 is 23.1 Å². The highest BCUT2D eigenvalue weighted by molar-refractivity contribution is 6.08. The number of allylic oxidation sites excluding steroid dienone is 1. The number of ketones is 1. The average Bonchev–Trinajstić information content (AvgIpc) is 2.45. The van der Waals surface area contributed by atoms with Gasteiger partial charge >= 0.3 is 6.18 Å². The molecule has 0 unspecified atom stereocenters. The Morgan fingerprint density at radius 3 is 2.43 bits per heavy atom. The van der Waals surface area contributed by atoms with E-state index in [0.717, 1.165) is 18.2 Å². The molecule has 0 aliphatic rings. The smallest absolute Gasteiger partial charge is 0.416 e. The summed E-state index contributed by atoms with van der Waals surface area (Å²) in [4.78, 5) is 11.9. The van der Waals surface area contributed by atoms with Gasteiger partial charge in [0.15, 0.2) is 5.78 Å². The van der Waals surface area contributed by atoms with Gasteiger partial charge in [-0.15, -0.1) is 0 Å². The van der Waals surface area contributed by atoms with Gasteiger partial charge in [0.05, 0.1) is 11.1 Å². The lowest BCUT2D eigenvalue weighted by molar-refractivity contribution is -0.137. The molecule has 0 radical (unpaired) electrons. The molecule has 0 heterocycles. The summed E-state index contributed by atoms with van der Waals surface area (Å²) in [6.45, 7) is 0. The van der Waals surface area contributed by atoms with Gasteiger partial charge in [-0.3, -0.25) is 4.79 Å². The number of aromatic hydroxyl groups is 1. The fourth-order valence-electron chi connectivity index (χ4n) is 1.76. The Hall–Kier alpha value is -2.56. The first-order valence-electron chi connectivity index (χ1n) is 6.05. The summed E-state index contributed by atoms with van der Waals surface area (Å²) in [5.41, 5.74) is -0.422. The summed E-state index contributed by atoms with van der Waals surface area (Å²) in [5.74, 6) is -0.651. The zero-order valence-electron chi connectivity index (χ0n) is 10.8. The standard InChI is InChI=1S/C16H11F3O2/c17-16(18,19)12-5-3-4-11(10-12)8-9-15(21)13-6-1-2-7-14(13)20/h1-10,20H/b9-8+.